The van der Waals surface area contributed by atoms with Gasteiger partial charge >= 0.3 is 0 Å². The molecule has 5 nitrogen and oxygen atoms in total. The summed E-state index contributed by atoms with van der Waals surface area (Å²) in [5.74, 6) is -0.0000463. The number of amides is 1. The van der Waals surface area contributed by atoms with Crippen LogP contribution in [0.15, 0.2) is 18.3 Å². The van der Waals surface area contributed by atoms with Crippen molar-refractivity contribution in [3.05, 3.63) is 24.0 Å². The summed E-state index contributed by atoms with van der Waals surface area (Å²) in [5, 5.41) is 0. The average molecular weight is 279 g/mol. The maximum atomic E-state index is 12.6. The molecule has 1 aliphatic heterocycles. The molecular formula is C15H25N3O2. The Hall–Kier alpha value is -1.33. The van der Waals surface area contributed by atoms with E-state index in [0.717, 1.165) is 25.8 Å². The van der Waals surface area contributed by atoms with Gasteiger partial charge in [-0.1, -0.05) is 12.8 Å². The number of aromatic nitrogens is 1. The number of nitrogens with zero attached hydrogens (tertiary/aromatic N) is 2. The van der Waals surface area contributed by atoms with Gasteiger partial charge < -0.3 is 19.9 Å². The van der Waals surface area contributed by atoms with E-state index in [-0.39, 0.29) is 18.6 Å². The van der Waals surface area contributed by atoms with Crippen LogP contribution in [0.5, 0.6) is 0 Å². The van der Waals surface area contributed by atoms with E-state index in [0.29, 0.717) is 0 Å². The molecule has 2 N–H and O–H groups in total. The van der Waals surface area contributed by atoms with E-state index in [1.165, 1.54) is 12.1 Å². The highest BCUT2D eigenvalue weighted by Gasteiger charge is 2.30. The minimum Gasteiger partial charge on any atom is -0.383 e. The molecule has 1 aliphatic rings. The van der Waals surface area contributed by atoms with Gasteiger partial charge in [0.05, 0.1) is 12.6 Å². The third kappa shape index (κ3) is 3.22. The third-order valence-corrected chi connectivity index (χ3v) is 4.02. The normalized spacial score (nSPS) is 21.6. The highest BCUT2D eigenvalue weighted by atomic mass is 16.5. The first-order chi connectivity index (χ1) is 9.65. The second-order valence-electron chi connectivity index (χ2n) is 5.50. The summed E-state index contributed by atoms with van der Waals surface area (Å²) in [4.78, 5) is 14.5. The number of rotatable bonds is 4. The van der Waals surface area contributed by atoms with Crippen molar-refractivity contribution in [1.82, 2.24) is 9.47 Å². The lowest BCUT2D eigenvalue weighted by molar-refractivity contribution is -0.136. The molecule has 0 aliphatic carbocycles. The molecule has 0 radical (unpaired) electrons. The molecule has 0 saturated carbocycles. The van der Waals surface area contributed by atoms with E-state index in [2.05, 4.69) is 10.6 Å². The third-order valence-electron chi connectivity index (χ3n) is 4.02. The maximum Gasteiger partial charge on any atom is 0.242 e. The highest BCUT2D eigenvalue weighted by Crippen LogP contribution is 2.30. The maximum absolute atomic E-state index is 12.6. The first-order valence-corrected chi connectivity index (χ1v) is 7.31. The summed E-state index contributed by atoms with van der Waals surface area (Å²) < 4.78 is 7.11. The molecule has 1 amide bonds. The van der Waals surface area contributed by atoms with Crippen molar-refractivity contribution in [3.63, 3.8) is 0 Å². The molecule has 0 bridgehead atoms. The molecule has 2 rings (SSSR count). The quantitative estimate of drug-likeness (QED) is 0.907. The van der Waals surface area contributed by atoms with Crippen molar-refractivity contribution in [2.45, 2.75) is 37.8 Å². The van der Waals surface area contributed by atoms with Gasteiger partial charge in [0.2, 0.25) is 5.91 Å². The fraction of sp³-hybridized carbons (Fsp3) is 0.667. The largest absolute Gasteiger partial charge is 0.383 e. The van der Waals surface area contributed by atoms with Crippen LogP contribution in [0.25, 0.3) is 0 Å². The number of hydrogen-bond acceptors (Lipinski definition) is 3. The minimum atomic E-state index is -0.569. The Bertz CT molecular complexity index is 444. The van der Waals surface area contributed by atoms with Crippen LogP contribution < -0.4 is 5.73 Å². The molecule has 112 valence electrons. The van der Waals surface area contributed by atoms with E-state index in [4.69, 9.17) is 10.5 Å². The molecule has 5 heteroatoms. The molecular weight excluding hydrogens is 254 g/mol. The van der Waals surface area contributed by atoms with Gasteiger partial charge in [-0.05, 0) is 25.0 Å². The number of hydrogen-bond donors (Lipinski definition) is 1. The standard InChI is InChI=1S/C15H25N3O2/c1-17-9-6-8-13(17)14-7-4-3-5-10-18(14)15(19)12(16)11-20-2/h6,8-9,12,14H,3-5,7,10-11,16H2,1-2H3. The lowest BCUT2D eigenvalue weighted by Gasteiger charge is -2.32. The number of likely N-dealkylation sites (tertiary alicyclic amines) is 1. The molecule has 0 aromatic carbocycles. The Labute approximate surface area is 120 Å². The molecule has 20 heavy (non-hydrogen) atoms. The number of aryl methyl sites for hydroxylation is 1. The zero-order chi connectivity index (χ0) is 14.5. The fourth-order valence-corrected chi connectivity index (χ4v) is 2.96. The van der Waals surface area contributed by atoms with Gasteiger partial charge in [0.1, 0.15) is 6.04 Å². The Morgan fingerprint density at radius 1 is 1.50 bits per heavy atom. The van der Waals surface area contributed by atoms with Crippen LogP contribution in [0.2, 0.25) is 0 Å². The van der Waals surface area contributed by atoms with Crippen molar-refractivity contribution in [2.24, 2.45) is 12.8 Å². The summed E-state index contributed by atoms with van der Waals surface area (Å²) in [6.07, 6.45) is 6.40. The molecule has 1 aromatic rings. The Morgan fingerprint density at radius 2 is 2.30 bits per heavy atom. The first kappa shape index (κ1) is 15.1. The summed E-state index contributed by atoms with van der Waals surface area (Å²) in [6, 6.07) is 3.68. The predicted molar refractivity (Wildman–Crippen MR) is 78.2 cm³/mol. The van der Waals surface area contributed by atoms with Crippen molar-refractivity contribution >= 4 is 5.91 Å². The molecule has 1 saturated heterocycles. The number of methoxy groups -OCH3 is 1. The van der Waals surface area contributed by atoms with Crippen molar-refractivity contribution < 1.29 is 9.53 Å². The number of carbonyl (C=O) groups is 1. The fourth-order valence-electron chi connectivity index (χ4n) is 2.96. The minimum absolute atomic E-state index is 0.0000463. The van der Waals surface area contributed by atoms with E-state index < -0.39 is 6.04 Å². The molecule has 1 fully saturated rings. The SMILES string of the molecule is COCC(N)C(=O)N1CCCCCC1c1cccn1C. The van der Waals surface area contributed by atoms with Crippen molar-refractivity contribution in [2.75, 3.05) is 20.3 Å². The molecule has 0 spiro atoms. The second kappa shape index (κ2) is 6.90. The molecule has 2 atom stereocenters. The van der Waals surface area contributed by atoms with Gasteiger partial charge in [0.25, 0.3) is 0 Å². The number of ether oxygens (including phenoxy) is 1. The average Bonchev–Trinajstić information content (AvgIpc) is 2.72. The smallest absolute Gasteiger partial charge is 0.242 e. The van der Waals surface area contributed by atoms with Gasteiger partial charge in [-0.15, -0.1) is 0 Å². The lowest BCUT2D eigenvalue weighted by Crippen LogP contribution is -2.47. The van der Waals surface area contributed by atoms with E-state index in [1.807, 2.05) is 24.2 Å². The lowest BCUT2D eigenvalue weighted by atomic mass is 10.1. The summed E-state index contributed by atoms with van der Waals surface area (Å²) >= 11 is 0. The number of nitrogens with two attached hydrogens (primary N) is 1. The monoisotopic (exact) mass is 279 g/mol. The summed E-state index contributed by atoms with van der Waals surface area (Å²) in [5.41, 5.74) is 7.13. The van der Waals surface area contributed by atoms with Crippen LogP contribution in [0.3, 0.4) is 0 Å². The van der Waals surface area contributed by atoms with Crippen LogP contribution in [-0.2, 0) is 16.6 Å². The summed E-state index contributed by atoms with van der Waals surface area (Å²) in [6.45, 7) is 1.06. The van der Waals surface area contributed by atoms with Gasteiger partial charge in [-0.25, -0.2) is 0 Å². The van der Waals surface area contributed by atoms with E-state index in [9.17, 15) is 4.79 Å². The van der Waals surface area contributed by atoms with Gasteiger partial charge in [0, 0.05) is 32.6 Å². The van der Waals surface area contributed by atoms with E-state index in [1.54, 1.807) is 7.11 Å². The Morgan fingerprint density at radius 3 is 2.95 bits per heavy atom. The van der Waals surface area contributed by atoms with E-state index >= 15 is 0 Å². The zero-order valence-electron chi connectivity index (χ0n) is 12.4. The number of carbonyl (C=O) groups excluding carboxylic acids is 1. The topological polar surface area (TPSA) is 60.5 Å². The van der Waals surface area contributed by atoms with Crippen LogP contribution >= 0.6 is 0 Å². The summed E-state index contributed by atoms with van der Waals surface area (Å²) in [7, 11) is 3.60. The van der Waals surface area contributed by atoms with Crippen LogP contribution in [-0.4, -0.2) is 41.7 Å². The van der Waals surface area contributed by atoms with Gasteiger partial charge in [0.15, 0.2) is 0 Å². The Balaban J connectivity index is 2.21. The van der Waals surface area contributed by atoms with Crippen LogP contribution in [0, 0.1) is 0 Å². The van der Waals surface area contributed by atoms with Crippen molar-refractivity contribution in [3.8, 4) is 0 Å². The van der Waals surface area contributed by atoms with Crippen molar-refractivity contribution in [1.29, 1.82) is 0 Å². The molecule has 2 unspecified atom stereocenters. The van der Waals surface area contributed by atoms with Crippen LogP contribution in [0.1, 0.15) is 37.4 Å². The molecule has 1 aromatic heterocycles. The first-order valence-electron chi connectivity index (χ1n) is 7.31. The zero-order valence-corrected chi connectivity index (χ0v) is 12.4. The van der Waals surface area contributed by atoms with Gasteiger partial charge in [-0.3, -0.25) is 4.79 Å². The highest BCUT2D eigenvalue weighted by molar-refractivity contribution is 5.82. The molecule has 2 heterocycles. The predicted octanol–water partition coefficient (Wildman–Crippen LogP) is 1.44. The second-order valence-corrected chi connectivity index (χ2v) is 5.50. The Kier molecular flexibility index (Phi) is 5.20. The van der Waals surface area contributed by atoms with Crippen LogP contribution in [0.4, 0.5) is 0 Å². The van der Waals surface area contributed by atoms with Gasteiger partial charge in [-0.2, -0.15) is 0 Å².